The molecule has 11 nitrogen and oxygen atoms in total. The number of allylic oxidation sites excluding steroid dienone is 6. The fourth-order valence-corrected chi connectivity index (χ4v) is 26.7. The second-order valence-corrected chi connectivity index (χ2v) is 39.1. The topological polar surface area (TPSA) is 166 Å². The van der Waals surface area contributed by atoms with Crippen LogP contribution in [0.15, 0.2) is 83.1 Å². The van der Waals surface area contributed by atoms with Gasteiger partial charge in [-0.2, -0.15) is 28.0 Å². The quantitative estimate of drug-likeness (QED) is 0.0161. The highest BCUT2D eigenvalue weighted by Crippen LogP contribution is 2.66. The van der Waals surface area contributed by atoms with Crippen LogP contribution in [0.1, 0.15) is 300 Å². The normalized spacial score (nSPS) is 18.0. The lowest BCUT2D eigenvalue weighted by atomic mass is 9.65. The first-order valence-electron chi connectivity index (χ1n) is 43.3. The van der Waals surface area contributed by atoms with Crippen molar-refractivity contribution in [3.8, 4) is 58.6 Å². The maximum Gasteiger partial charge on any atom is 0.270 e. The number of Topliss-reactive ketones (excluding diaryl/α,β-unsaturated/α-hetero) is 2. The first-order chi connectivity index (χ1) is 57.8. The molecule has 4 unspecified atom stereocenters. The van der Waals surface area contributed by atoms with Crippen LogP contribution in [0.4, 0.5) is 17.6 Å². The molecule has 7 aromatic heterocycles. The van der Waals surface area contributed by atoms with Crippen molar-refractivity contribution >= 4 is 148 Å². The SMILES string of the molecule is [C-]#[N+]/C(C#N)=C1/C(=C/c2cc3c(s2)-c2sc(-c4cc5c(c6nsnc46)c4c6nsnc6c(-c6cc7c(s6)-c6sc(/C=C8\C(=O)c9cc(F)c(F)cc9C8=C(C#N)C#N)cc6C7(CC(CC)CCCC)CC(CC)CCCC)cc4n5CC(CCCC)CCCC)cc2C3(CC(CC)CCCC)CC(CC)CCCC)C(=O)c2cc(F)c(F)cc21. The van der Waals surface area contributed by atoms with E-state index in [-0.39, 0.29) is 55.8 Å². The number of halogens is 4. The smallest absolute Gasteiger partial charge is 0.270 e. The van der Waals surface area contributed by atoms with Gasteiger partial charge in [0.15, 0.2) is 34.8 Å². The van der Waals surface area contributed by atoms with Crippen LogP contribution in [0.3, 0.4) is 0 Å². The van der Waals surface area contributed by atoms with Crippen LogP contribution in [0.2, 0.25) is 0 Å². The monoisotopic (exact) mass is 1700 g/mol. The highest BCUT2D eigenvalue weighted by atomic mass is 32.1. The van der Waals surface area contributed by atoms with Crippen molar-refractivity contribution in [1.29, 1.82) is 15.8 Å². The minimum absolute atomic E-state index is 0.0126. The molecule has 0 bridgehead atoms. The average Bonchev–Trinajstić information content (AvgIpc) is 1.53. The fraction of sp³-hybridized carbons (Fsp3) is 0.449. The summed E-state index contributed by atoms with van der Waals surface area (Å²) in [5, 5.41) is 33.3. The standard InChI is InChI=1S/C98H101F4N9O2S6/c1-12-22-28-54(18-7)46-97(47-55(19-8)29-23-13-2)70-36-60(34-68-83(59(50-103)51-104)62-38-74(99)76(101)40-64(62)91(68)112)114-93(70)95-72(97)44-81(116-95)66-42-79-85(89-87(66)107-118-109-89)86-80(111(79)53-58(32-26-16-5)33-27-17-6)43-67(88-90(86)110-119-108-88)82-45-73-96(117-82)94-71(98(73,48-56(20-9)30-24-14-3)49-57(21-10)31-25-15-4)37-61(115-94)35-69-84(78(52-105)106-11)63-39-75(100)77(102)41-65(63)92(69)113/h34-45,54-58H,12-33,46-49,53H2,1-10H3/b68-34-,69-35-,84-78+. The highest BCUT2D eigenvalue weighted by Gasteiger charge is 2.51. The Labute approximate surface area is 720 Å². The van der Waals surface area contributed by atoms with Crippen molar-refractivity contribution in [2.75, 3.05) is 0 Å². The van der Waals surface area contributed by atoms with Crippen LogP contribution in [0, 0.1) is 93.4 Å². The summed E-state index contributed by atoms with van der Waals surface area (Å²) in [5.74, 6) is -3.93. The summed E-state index contributed by atoms with van der Waals surface area (Å²) in [7, 11) is 0. The fourth-order valence-electron chi connectivity index (χ4n) is 20.3. The van der Waals surface area contributed by atoms with E-state index in [1.807, 2.05) is 18.2 Å². The second-order valence-electron chi connectivity index (χ2n) is 33.8. The molecule has 15 rings (SSSR count). The van der Waals surface area contributed by atoms with E-state index in [9.17, 15) is 25.4 Å². The average molecular weight is 1710 g/mol. The zero-order chi connectivity index (χ0) is 83.9. The highest BCUT2D eigenvalue weighted by molar-refractivity contribution is 7.25. The lowest BCUT2D eigenvalue weighted by Crippen LogP contribution is -2.31. The zero-order valence-corrected chi connectivity index (χ0v) is 74.6. The Morgan fingerprint density at radius 3 is 1.13 bits per heavy atom. The number of benzene rings is 4. The van der Waals surface area contributed by atoms with E-state index in [2.05, 4.69) is 115 Å². The van der Waals surface area contributed by atoms with Gasteiger partial charge in [-0.3, -0.25) is 9.59 Å². The molecule has 0 spiro atoms. The second kappa shape index (κ2) is 36.0. The van der Waals surface area contributed by atoms with Crippen molar-refractivity contribution in [3.63, 3.8) is 0 Å². The molecule has 21 heteroatoms. The van der Waals surface area contributed by atoms with Crippen LogP contribution in [-0.2, 0) is 17.4 Å². The summed E-state index contributed by atoms with van der Waals surface area (Å²) in [4.78, 5) is 41.1. The molecular weight excluding hydrogens is 1600 g/mol. The molecule has 4 aromatic carbocycles. The molecule has 11 aromatic rings. The molecule has 0 fully saturated rings. The van der Waals surface area contributed by atoms with Gasteiger partial charge < -0.3 is 4.57 Å². The third kappa shape index (κ3) is 15.2. The molecule has 0 saturated carbocycles. The number of nitriles is 3. The number of thiophene rings is 4. The van der Waals surface area contributed by atoms with E-state index in [1.165, 1.54) is 55.5 Å². The van der Waals surface area contributed by atoms with Crippen molar-refractivity contribution in [2.24, 2.45) is 29.6 Å². The first-order valence-corrected chi connectivity index (χ1v) is 48.1. The van der Waals surface area contributed by atoms with Crippen molar-refractivity contribution in [3.05, 3.63) is 172 Å². The number of ketones is 2. The summed E-state index contributed by atoms with van der Waals surface area (Å²) in [6, 6.07) is 23.9. The third-order valence-electron chi connectivity index (χ3n) is 26.6. The van der Waals surface area contributed by atoms with Gasteiger partial charge in [-0.05, 0) is 174 Å². The maximum absolute atomic E-state index is 15.2. The van der Waals surface area contributed by atoms with E-state index in [1.54, 1.807) is 57.5 Å². The molecule has 0 radical (unpaired) electrons. The van der Waals surface area contributed by atoms with E-state index >= 15 is 17.6 Å². The Kier molecular flexibility index (Phi) is 25.8. The molecule has 0 N–H and O–H groups in total. The number of hydrogen-bond acceptors (Lipinski definition) is 15. The van der Waals surface area contributed by atoms with Gasteiger partial charge in [0.2, 0.25) is 0 Å². The summed E-state index contributed by atoms with van der Waals surface area (Å²) in [6.07, 6.45) is 30.6. The number of carbonyl (C=O) groups is 2. The number of rotatable bonds is 36. The van der Waals surface area contributed by atoms with E-state index in [4.69, 9.17) is 24.1 Å². The molecule has 0 saturated heterocycles. The minimum atomic E-state index is -1.18. The number of hydrogen-bond donors (Lipinski definition) is 0. The lowest BCUT2D eigenvalue weighted by molar-refractivity contribution is 0.103. The number of unbranched alkanes of at least 4 members (excludes halogenated alkanes) is 6. The molecule has 7 heterocycles. The van der Waals surface area contributed by atoms with Crippen molar-refractivity contribution < 1.29 is 27.2 Å². The van der Waals surface area contributed by atoms with Gasteiger partial charge in [-0.25, -0.2) is 27.7 Å². The molecule has 614 valence electrons. The molecule has 4 atom stereocenters. The Hall–Kier alpha value is -8.90. The van der Waals surface area contributed by atoms with Gasteiger partial charge in [-0.15, -0.1) is 45.3 Å². The van der Waals surface area contributed by atoms with Crippen LogP contribution in [-0.4, -0.2) is 33.6 Å². The third-order valence-corrected chi connectivity index (χ3v) is 32.5. The predicted molar refractivity (Wildman–Crippen MR) is 485 cm³/mol. The number of fused-ring (bicyclic) bond motifs is 15. The predicted octanol–water partition coefficient (Wildman–Crippen LogP) is 30.4. The van der Waals surface area contributed by atoms with E-state index in [0.717, 1.165) is 282 Å². The summed E-state index contributed by atoms with van der Waals surface area (Å²) >= 11 is 9.23. The number of carbonyl (C=O) groups excluding carboxylic acids is 2. The van der Waals surface area contributed by atoms with Crippen molar-refractivity contribution in [1.82, 2.24) is 22.1 Å². The first kappa shape index (κ1) is 85.1. The Balaban J connectivity index is 0.956. The molecule has 0 aliphatic heterocycles. The lowest BCUT2D eigenvalue weighted by Gasteiger charge is -2.37. The molecule has 119 heavy (non-hydrogen) atoms. The van der Waals surface area contributed by atoms with Crippen LogP contribution in [0.25, 0.3) is 112 Å². The summed E-state index contributed by atoms with van der Waals surface area (Å²) in [6.45, 7) is 31.7. The van der Waals surface area contributed by atoms with Gasteiger partial charge >= 0.3 is 0 Å². The largest absolute Gasteiger partial charge is 0.340 e. The minimum Gasteiger partial charge on any atom is -0.340 e. The van der Waals surface area contributed by atoms with Crippen LogP contribution < -0.4 is 0 Å². The Bertz CT molecular complexity index is 5700. The van der Waals surface area contributed by atoms with Crippen LogP contribution >= 0.6 is 68.8 Å². The molecule has 4 aliphatic rings. The van der Waals surface area contributed by atoms with Gasteiger partial charge in [-0.1, -0.05) is 198 Å². The molecular formula is C98H101F4N9O2S6. The summed E-state index contributed by atoms with van der Waals surface area (Å²) in [5.41, 5.74) is 10.9. The van der Waals surface area contributed by atoms with Gasteiger partial charge in [0.1, 0.15) is 39.8 Å². The summed E-state index contributed by atoms with van der Waals surface area (Å²) < 4.78 is 84.7. The van der Waals surface area contributed by atoms with Crippen molar-refractivity contribution in [2.45, 2.75) is 254 Å². The zero-order valence-electron chi connectivity index (χ0n) is 69.7. The van der Waals surface area contributed by atoms with Gasteiger partial charge in [0.25, 0.3) is 5.70 Å². The van der Waals surface area contributed by atoms with Gasteiger partial charge in [0, 0.05) is 112 Å². The van der Waals surface area contributed by atoms with Gasteiger partial charge in [0.05, 0.1) is 47.1 Å². The number of aromatic nitrogens is 5. The Morgan fingerprint density at radius 1 is 0.437 bits per heavy atom. The van der Waals surface area contributed by atoms with E-state index in [0.29, 0.717) is 29.6 Å². The maximum atomic E-state index is 15.2. The van der Waals surface area contributed by atoms with Crippen LogP contribution in [0.5, 0.6) is 0 Å². The molecule has 4 aliphatic carbocycles. The Morgan fingerprint density at radius 2 is 0.773 bits per heavy atom. The number of nitrogens with zero attached hydrogens (tertiary/aromatic N) is 9. The van der Waals surface area contributed by atoms with E-state index < -0.39 is 45.7 Å². The molecule has 0 amide bonds.